The zero-order valence-electron chi connectivity index (χ0n) is 14.8. The Bertz CT molecular complexity index is 764. The highest BCUT2D eigenvalue weighted by Gasteiger charge is 2.27. The Hall–Kier alpha value is -2.44. The highest BCUT2D eigenvalue weighted by Crippen LogP contribution is 2.37. The minimum Gasteiger partial charge on any atom is -0.355 e. The van der Waals surface area contributed by atoms with Gasteiger partial charge >= 0.3 is 0 Å². The van der Waals surface area contributed by atoms with Gasteiger partial charge in [0.05, 0.1) is 11.3 Å². The van der Waals surface area contributed by atoms with Crippen molar-refractivity contribution in [2.24, 2.45) is 7.05 Å². The molecule has 1 aliphatic carbocycles. The lowest BCUT2D eigenvalue weighted by molar-refractivity contribution is 0.0932. The van der Waals surface area contributed by atoms with Crippen LogP contribution in [-0.4, -0.2) is 44.8 Å². The molecular formula is C18H24N6O. The number of nitrogens with one attached hydrogen (secondary N) is 1. The Balaban J connectivity index is 1.39. The second kappa shape index (κ2) is 6.46. The first-order valence-corrected chi connectivity index (χ1v) is 8.98. The summed E-state index contributed by atoms with van der Waals surface area (Å²) in [6.07, 6.45) is 7.67. The largest absolute Gasteiger partial charge is 0.355 e. The van der Waals surface area contributed by atoms with E-state index in [9.17, 15) is 4.79 Å². The summed E-state index contributed by atoms with van der Waals surface area (Å²) in [5.74, 6) is 2.39. The Morgan fingerprint density at radius 3 is 2.64 bits per heavy atom. The van der Waals surface area contributed by atoms with Gasteiger partial charge in [0, 0.05) is 50.6 Å². The average molecular weight is 340 g/mol. The van der Waals surface area contributed by atoms with E-state index >= 15 is 0 Å². The molecule has 0 spiro atoms. The number of rotatable bonds is 4. The number of aromatic nitrogens is 4. The van der Waals surface area contributed by atoms with Crippen molar-refractivity contribution in [3.63, 3.8) is 0 Å². The van der Waals surface area contributed by atoms with E-state index in [1.807, 2.05) is 18.7 Å². The fourth-order valence-corrected chi connectivity index (χ4v) is 3.47. The SMILES string of the molecule is Cc1cc(N2CCC[C@@H](NC(=O)c3cnc(C4CC4)nc3)C2)n(C)n1. The molecule has 25 heavy (non-hydrogen) atoms. The lowest BCUT2D eigenvalue weighted by Crippen LogP contribution is -2.48. The van der Waals surface area contributed by atoms with Crippen LogP contribution >= 0.6 is 0 Å². The minimum atomic E-state index is -0.0876. The van der Waals surface area contributed by atoms with Gasteiger partial charge in [-0.15, -0.1) is 0 Å². The minimum absolute atomic E-state index is 0.0876. The third kappa shape index (κ3) is 3.50. The molecule has 0 radical (unpaired) electrons. The van der Waals surface area contributed by atoms with E-state index in [-0.39, 0.29) is 11.9 Å². The molecule has 1 atom stereocenters. The van der Waals surface area contributed by atoms with E-state index in [4.69, 9.17) is 0 Å². The predicted octanol–water partition coefficient (Wildman–Crippen LogP) is 1.79. The molecule has 7 nitrogen and oxygen atoms in total. The van der Waals surface area contributed by atoms with Crippen LogP contribution in [0.2, 0.25) is 0 Å². The first-order chi connectivity index (χ1) is 12.1. The van der Waals surface area contributed by atoms with Gasteiger partial charge in [-0.05, 0) is 32.6 Å². The van der Waals surface area contributed by atoms with Crippen molar-refractivity contribution < 1.29 is 4.79 Å². The number of amides is 1. The molecule has 3 heterocycles. The molecule has 2 fully saturated rings. The van der Waals surface area contributed by atoms with Gasteiger partial charge in [-0.25, -0.2) is 9.97 Å². The summed E-state index contributed by atoms with van der Waals surface area (Å²) in [5, 5.41) is 7.55. The second-order valence-corrected chi connectivity index (χ2v) is 7.13. The first kappa shape index (κ1) is 16.1. The number of aryl methyl sites for hydroxylation is 2. The van der Waals surface area contributed by atoms with Gasteiger partial charge in [-0.2, -0.15) is 5.10 Å². The van der Waals surface area contributed by atoms with Crippen LogP contribution in [0, 0.1) is 6.92 Å². The molecule has 4 rings (SSSR count). The van der Waals surface area contributed by atoms with E-state index in [0.717, 1.165) is 56.1 Å². The van der Waals surface area contributed by atoms with E-state index < -0.39 is 0 Å². The van der Waals surface area contributed by atoms with E-state index in [1.54, 1.807) is 12.4 Å². The normalized spacial score (nSPS) is 20.6. The van der Waals surface area contributed by atoms with Crippen molar-refractivity contribution in [2.45, 2.75) is 44.6 Å². The van der Waals surface area contributed by atoms with Crippen LogP contribution in [0.5, 0.6) is 0 Å². The summed E-state index contributed by atoms with van der Waals surface area (Å²) < 4.78 is 1.91. The lowest BCUT2D eigenvalue weighted by Gasteiger charge is -2.34. The zero-order chi connectivity index (χ0) is 17.4. The van der Waals surface area contributed by atoms with Crippen LogP contribution in [0.15, 0.2) is 18.5 Å². The average Bonchev–Trinajstić information content (AvgIpc) is 3.40. The maximum absolute atomic E-state index is 12.5. The van der Waals surface area contributed by atoms with Crippen LogP contribution in [-0.2, 0) is 7.05 Å². The Morgan fingerprint density at radius 1 is 1.24 bits per heavy atom. The molecule has 2 aromatic heterocycles. The van der Waals surface area contributed by atoms with Gasteiger partial charge in [-0.1, -0.05) is 0 Å². The Labute approximate surface area is 147 Å². The zero-order valence-corrected chi connectivity index (χ0v) is 14.8. The number of hydrogen-bond acceptors (Lipinski definition) is 5. The number of piperidine rings is 1. The molecule has 1 N–H and O–H groups in total. The van der Waals surface area contributed by atoms with Gasteiger partial charge in [0.2, 0.25) is 0 Å². The standard InChI is InChI=1S/C18H24N6O/c1-12-8-16(23(2)22-12)24-7-3-4-15(11-24)21-18(25)14-9-19-17(20-10-14)13-5-6-13/h8-10,13,15H,3-7,11H2,1-2H3,(H,21,25)/t15-/m1/s1. The van der Waals surface area contributed by atoms with Gasteiger partial charge < -0.3 is 10.2 Å². The molecule has 1 saturated heterocycles. The van der Waals surface area contributed by atoms with E-state index in [2.05, 4.69) is 31.3 Å². The van der Waals surface area contributed by atoms with Crippen LogP contribution in [0.3, 0.4) is 0 Å². The maximum atomic E-state index is 12.5. The molecule has 0 unspecified atom stereocenters. The number of carbonyl (C=O) groups excluding carboxylic acids is 1. The summed E-state index contributed by atoms with van der Waals surface area (Å²) in [6, 6.07) is 2.22. The first-order valence-electron chi connectivity index (χ1n) is 8.98. The smallest absolute Gasteiger partial charge is 0.254 e. The summed E-state index contributed by atoms with van der Waals surface area (Å²) in [6.45, 7) is 3.79. The summed E-state index contributed by atoms with van der Waals surface area (Å²) in [7, 11) is 1.96. The van der Waals surface area contributed by atoms with Crippen molar-refractivity contribution in [3.05, 3.63) is 35.5 Å². The van der Waals surface area contributed by atoms with E-state index in [0.29, 0.717) is 11.5 Å². The molecule has 1 amide bonds. The molecule has 2 aliphatic rings. The summed E-state index contributed by atoms with van der Waals surface area (Å²) in [4.78, 5) is 23.5. The van der Waals surface area contributed by atoms with Gasteiger partial charge in [-0.3, -0.25) is 9.48 Å². The summed E-state index contributed by atoms with van der Waals surface area (Å²) >= 11 is 0. The molecule has 2 aromatic rings. The molecule has 0 bridgehead atoms. The highest BCUT2D eigenvalue weighted by atomic mass is 16.1. The number of nitrogens with zero attached hydrogens (tertiary/aromatic N) is 5. The third-order valence-corrected chi connectivity index (χ3v) is 4.93. The number of anilines is 1. The van der Waals surface area contributed by atoms with Gasteiger partial charge in [0.15, 0.2) is 0 Å². The summed E-state index contributed by atoms with van der Waals surface area (Å²) in [5.41, 5.74) is 1.55. The quantitative estimate of drug-likeness (QED) is 0.918. The van der Waals surface area contributed by atoms with Crippen LogP contribution in [0.25, 0.3) is 0 Å². The van der Waals surface area contributed by atoms with Gasteiger partial charge in [0.1, 0.15) is 11.6 Å². The van der Waals surface area contributed by atoms with Crippen molar-refractivity contribution in [1.29, 1.82) is 0 Å². The molecular weight excluding hydrogens is 316 g/mol. The second-order valence-electron chi connectivity index (χ2n) is 7.13. The maximum Gasteiger partial charge on any atom is 0.254 e. The predicted molar refractivity (Wildman–Crippen MR) is 94.7 cm³/mol. The molecule has 0 aromatic carbocycles. The topological polar surface area (TPSA) is 75.9 Å². The Morgan fingerprint density at radius 2 is 2.00 bits per heavy atom. The fraction of sp³-hybridized carbons (Fsp3) is 0.556. The molecule has 1 saturated carbocycles. The monoisotopic (exact) mass is 340 g/mol. The molecule has 132 valence electrons. The van der Waals surface area contributed by atoms with Crippen molar-refractivity contribution >= 4 is 11.7 Å². The van der Waals surface area contributed by atoms with Crippen LogP contribution in [0.1, 0.15) is 53.5 Å². The third-order valence-electron chi connectivity index (χ3n) is 4.93. The van der Waals surface area contributed by atoms with Crippen molar-refractivity contribution in [1.82, 2.24) is 25.1 Å². The molecule has 1 aliphatic heterocycles. The van der Waals surface area contributed by atoms with Crippen LogP contribution < -0.4 is 10.2 Å². The fourth-order valence-electron chi connectivity index (χ4n) is 3.47. The van der Waals surface area contributed by atoms with E-state index in [1.165, 1.54) is 0 Å². The van der Waals surface area contributed by atoms with Gasteiger partial charge in [0.25, 0.3) is 5.91 Å². The Kier molecular flexibility index (Phi) is 4.15. The molecule has 7 heteroatoms. The number of hydrogen-bond donors (Lipinski definition) is 1. The lowest BCUT2D eigenvalue weighted by atomic mass is 10.1. The van der Waals surface area contributed by atoms with Crippen molar-refractivity contribution in [2.75, 3.05) is 18.0 Å². The highest BCUT2D eigenvalue weighted by molar-refractivity contribution is 5.93. The number of carbonyl (C=O) groups is 1. The van der Waals surface area contributed by atoms with Crippen LogP contribution in [0.4, 0.5) is 5.82 Å². The van der Waals surface area contributed by atoms with Crippen molar-refractivity contribution in [3.8, 4) is 0 Å².